The van der Waals surface area contributed by atoms with Crippen LogP contribution in [0.25, 0.3) is 0 Å². The molecular weight excluding hydrogens is 379 g/mol. The van der Waals surface area contributed by atoms with Crippen LogP contribution in [-0.4, -0.2) is 27.5 Å². The molecule has 1 aromatic heterocycles. The van der Waals surface area contributed by atoms with Gasteiger partial charge < -0.3 is 10.1 Å². The van der Waals surface area contributed by atoms with Gasteiger partial charge in [0, 0.05) is 24.0 Å². The quantitative estimate of drug-likeness (QED) is 0.843. The van der Waals surface area contributed by atoms with Crippen LogP contribution in [0.3, 0.4) is 0 Å². The number of benzene rings is 1. The molecule has 0 radical (unpaired) electrons. The number of pyridine rings is 1. The number of nitrogens with zero attached hydrogens (tertiary/aromatic N) is 2. The Hall–Kier alpha value is -2.55. The Kier molecular flexibility index (Phi) is 4.55. The van der Waals surface area contributed by atoms with Crippen molar-refractivity contribution in [2.24, 2.45) is 10.9 Å². The highest BCUT2D eigenvalue weighted by atomic mass is 32.2. The van der Waals surface area contributed by atoms with Crippen molar-refractivity contribution < 1.29 is 22.7 Å². The zero-order valence-electron chi connectivity index (χ0n) is 13.9. The van der Waals surface area contributed by atoms with Gasteiger partial charge in [0.25, 0.3) is 0 Å². The van der Waals surface area contributed by atoms with Crippen LogP contribution < -0.4 is 10.1 Å². The van der Waals surface area contributed by atoms with Crippen molar-refractivity contribution >= 4 is 34.1 Å². The van der Waals surface area contributed by atoms with Crippen molar-refractivity contribution in [2.75, 3.05) is 5.32 Å². The first-order valence-corrected chi connectivity index (χ1v) is 9.10. The van der Waals surface area contributed by atoms with Crippen molar-refractivity contribution in [1.29, 1.82) is 0 Å². The fourth-order valence-corrected chi connectivity index (χ4v) is 4.44. The standard InChI is InChI=1S/C18H14F3N3O2S/c19-18(20,21)26-13-3-1-12(2-4-13)23-16(25)15-8-10-7-11-9-22-6-5-14(11)24-17(10)27-15/h1-6,9-10,15H,7-8H2,(H,23,25). The van der Waals surface area contributed by atoms with Gasteiger partial charge in [-0.05, 0) is 48.7 Å². The third-order valence-electron chi connectivity index (χ3n) is 4.33. The van der Waals surface area contributed by atoms with Gasteiger partial charge in [-0.1, -0.05) is 11.8 Å². The average molecular weight is 393 g/mol. The zero-order chi connectivity index (χ0) is 19.0. The van der Waals surface area contributed by atoms with E-state index in [2.05, 4.69) is 20.0 Å². The summed E-state index contributed by atoms with van der Waals surface area (Å²) >= 11 is 1.44. The predicted octanol–water partition coefficient (Wildman–Crippen LogP) is 4.33. The molecule has 9 heteroatoms. The van der Waals surface area contributed by atoms with E-state index in [4.69, 9.17) is 0 Å². The number of alkyl halides is 3. The predicted molar refractivity (Wildman–Crippen MR) is 96.3 cm³/mol. The minimum absolute atomic E-state index is 0.191. The van der Waals surface area contributed by atoms with Crippen LogP contribution >= 0.6 is 11.8 Å². The molecular formula is C18H14F3N3O2S. The number of amides is 1. The number of nitrogens with one attached hydrogen (secondary N) is 1. The van der Waals surface area contributed by atoms with Gasteiger partial charge >= 0.3 is 6.36 Å². The first kappa shape index (κ1) is 17.8. The molecule has 5 nitrogen and oxygen atoms in total. The van der Waals surface area contributed by atoms with Crippen molar-refractivity contribution in [1.82, 2.24) is 4.98 Å². The van der Waals surface area contributed by atoms with E-state index in [0.29, 0.717) is 12.1 Å². The number of anilines is 1. The summed E-state index contributed by atoms with van der Waals surface area (Å²) in [5.41, 5.74) is 2.39. The first-order valence-electron chi connectivity index (χ1n) is 8.22. The van der Waals surface area contributed by atoms with E-state index in [1.807, 2.05) is 6.07 Å². The maximum absolute atomic E-state index is 12.5. The molecule has 2 atom stereocenters. The van der Waals surface area contributed by atoms with Crippen molar-refractivity contribution in [3.05, 3.63) is 48.3 Å². The topological polar surface area (TPSA) is 63.6 Å². The molecule has 2 aromatic rings. The number of thioether (sulfide) groups is 1. The number of carbonyl (C=O) groups is 1. The monoisotopic (exact) mass is 393 g/mol. The molecule has 2 aliphatic heterocycles. The molecule has 0 aliphatic carbocycles. The Bertz CT molecular complexity index is 899. The highest BCUT2D eigenvalue weighted by molar-refractivity contribution is 8.15. The molecule has 1 aromatic carbocycles. The molecule has 2 unspecified atom stereocenters. The maximum Gasteiger partial charge on any atom is 0.573 e. The molecule has 0 saturated carbocycles. The van der Waals surface area contributed by atoms with Gasteiger partial charge in [0.05, 0.1) is 16.0 Å². The van der Waals surface area contributed by atoms with Crippen molar-refractivity contribution in [2.45, 2.75) is 24.5 Å². The molecule has 4 rings (SSSR count). The molecule has 0 spiro atoms. The second-order valence-electron chi connectivity index (χ2n) is 6.26. The van der Waals surface area contributed by atoms with Gasteiger partial charge in [0.2, 0.25) is 5.91 Å². The lowest BCUT2D eigenvalue weighted by Gasteiger charge is -2.17. The van der Waals surface area contributed by atoms with Gasteiger partial charge in [-0.2, -0.15) is 0 Å². The molecule has 2 aliphatic rings. The minimum Gasteiger partial charge on any atom is -0.406 e. The first-order chi connectivity index (χ1) is 12.9. The van der Waals surface area contributed by atoms with Crippen molar-refractivity contribution in [3.8, 4) is 5.75 Å². The highest BCUT2D eigenvalue weighted by Gasteiger charge is 2.38. The van der Waals surface area contributed by atoms with Crippen LogP contribution in [0.4, 0.5) is 24.5 Å². The van der Waals surface area contributed by atoms with Gasteiger partial charge in [-0.25, -0.2) is 4.99 Å². The normalized spacial score (nSPS) is 21.1. The molecule has 1 N–H and O–H groups in total. The largest absolute Gasteiger partial charge is 0.573 e. The third-order valence-corrected chi connectivity index (χ3v) is 5.69. The molecule has 1 saturated heterocycles. The van der Waals surface area contributed by atoms with Crippen LogP contribution in [0.5, 0.6) is 5.75 Å². The number of aromatic nitrogens is 1. The number of hydrogen-bond acceptors (Lipinski definition) is 5. The summed E-state index contributed by atoms with van der Waals surface area (Å²) in [7, 11) is 0. The van der Waals surface area contributed by atoms with E-state index in [1.165, 1.54) is 36.0 Å². The highest BCUT2D eigenvalue weighted by Crippen LogP contribution is 2.42. The Balaban J connectivity index is 1.39. The number of aliphatic imine (C=N–C) groups is 1. The van der Waals surface area contributed by atoms with Gasteiger partial charge in [0.1, 0.15) is 5.75 Å². The number of fused-ring (bicyclic) bond motifs is 2. The number of ether oxygens (including phenoxy) is 1. The lowest BCUT2D eigenvalue weighted by atomic mass is 9.93. The fraction of sp³-hybridized carbons (Fsp3) is 0.278. The zero-order valence-corrected chi connectivity index (χ0v) is 14.7. The van der Waals surface area contributed by atoms with Crippen molar-refractivity contribution in [3.63, 3.8) is 0 Å². The Morgan fingerprint density at radius 2 is 2.00 bits per heavy atom. The number of hydrogen-bond donors (Lipinski definition) is 1. The molecule has 3 heterocycles. The summed E-state index contributed by atoms with van der Waals surface area (Å²) in [6.07, 6.45) is 0.230. The second kappa shape index (κ2) is 6.88. The van der Waals surface area contributed by atoms with Crippen LogP contribution in [0.15, 0.2) is 47.7 Å². The second-order valence-corrected chi connectivity index (χ2v) is 7.48. The number of carbonyl (C=O) groups excluding carboxylic acids is 1. The molecule has 1 fully saturated rings. The number of halogens is 3. The third kappa shape index (κ3) is 4.08. The maximum atomic E-state index is 12.5. The summed E-state index contributed by atoms with van der Waals surface area (Å²) in [4.78, 5) is 21.3. The van der Waals surface area contributed by atoms with E-state index in [9.17, 15) is 18.0 Å². The Morgan fingerprint density at radius 3 is 2.74 bits per heavy atom. The van der Waals surface area contributed by atoms with Crippen LogP contribution in [0.2, 0.25) is 0 Å². The summed E-state index contributed by atoms with van der Waals surface area (Å²) in [5.74, 6) is -0.323. The lowest BCUT2D eigenvalue weighted by Crippen LogP contribution is -2.24. The fourth-order valence-electron chi connectivity index (χ4n) is 3.13. The number of rotatable bonds is 3. The summed E-state index contributed by atoms with van der Waals surface area (Å²) in [6, 6.07) is 6.95. The van der Waals surface area contributed by atoms with Gasteiger partial charge in [-0.3, -0.25) is 9.78 Å². The lowest BCUT2D eigenvalue weighted by molar-refractivity contribution is -0.274. The summed E-state index contributed by atoms with van der Waals surface area (Å²) < 4.78 is 40.4. The van der Waals surface area contributed by atoms with Gasteiger partial charge in [-0.15, -0.1) is 13.2 Å². The van der Waals surface area contributed by atoms with E-state index < -0.39 is 6.36 Å². The summed E-state index contributed by atoms with van der Waals surface area (Å²) in [6.45, 7) is 0. The summed E-state index contributed by atoms with van der Waals surface area (Å²) in [5, 5.41) is 3.40. The van der Waals surface area contributed by atoms with E-state index >= 15 is 0 Å². The van der Waals surface area contributed by atoms with Crippen LogP contribution in [0, 0.1) is 5.92 Å². The molecule has 27 heavy (non-hydrogen) atoms. The van der Waals surface area contributed by atoms with Crippen LogP contribution in [0.1, 0.15) is 12.0 Å². The molecule has 140 valence electrons. The van der Waals surface area contributed by atoms with Gasteiger partial charge in [0.15, 0.2) is 0 Å². The van der Waals surface area contributed by atoms with E-state index in [0.717, 1.165) is 22.7 Å². The Morgan fingerprint density at radius 1 is 1.22 bits per heavy atom. The van der Waals surface area contributed by atoms with E-state index in [-0.39, 0.29) is 22.8 Å². The molecule has 1 amide bonds. The van der Waals surface area contributed by atoms with Crippen LogP contribution in [-0.2, 0) is 11.2 Å². The van der Waals surface area contributed by atoms with E-state index in [1.54, 1.807) is 12.4 Å². The Labute approximate surface area is 157 Å². The smallest absolute Gasteiger partial charge is 0.406 e. The minimum atomic E-state index is -4.74. The molecule has 0 bridgehead atoms. The SMILES string of the molecule is O=C(Nc1ccc(OC(F)(F)F)cc1)C1CC2Cc3cnccc3N=C2S1. The average Bonchev–Trinajstić information content (AvgIpc) is 3.03.